The van der Waals surface area contributed by atoms with E-state index in [0.717, 1.165) is 11.1 Å². The van der Waals surface area contributed by atoms with Gasteiger partial charge in [0.1, 0.15) is 4.90 Å². The first-order valence-electron chi connectivity index (χ1n) is 11.4. The van der Waals surface area contributed by atoms with Crippen molar-refractivity contribution in [2.24, 2.45) is 0 Å². The van der Waals surface area contributed by atoms with Gasteiger partial charge in [0.2, 0.25) is 0 Å². The average molecular weight is 605 g/mol. The molecule has 0 atom stereocenters. The Kier molecular flexibility index (Phi) is 8.22. The second-order valence-electron chi connectivity index (χ2n) is 8.66. The first kappa shape index (κ1) is 28.4. The Morgan fingerprint density at radius 2 is 1.33 bits per heavy atom. The lowest BCUT2D eigenvalue weighted by Crippen LogP contribution is -2.17. The maximum Gasteiger partial charge on any atom is 0.263 e. The van der Waals surface area contributed by atoms with Crippen molar-refractivity contribution in [2.75, 3.05) is 14.8 Å². The Balaban J connectivity index is 1.51. The Morgan fingerprint density at radius 3 is 2.00 bits per heavy atom. The van der Waals surface area contributed by atoms with Crippen LogP contribution in [0.25, 0.3) is 0 Å². The van der Waals surface area contributed by atoms with Crippen LogP contribution in [0.15, 0.2) is 94.7 Å². The summed E-state index contributed by atoms with van der Waals surface area (Å²) >= 11 is 12.0. The number of aryl methyl sites for hydroxylation is 2. The highest BCUT2D eigenvalue weighted by atomic mass is 35.5. The SMILES string of the molecule is Cc1ccc(C)c(NS(=O)(=O)c2cc(C(=O)Nc3ccc(S(=O)(=O)Nc4ccc(Cl)cc4)cc3)ccc2Cl)c1. The van der Waals surface area contributed by atoms with Crippen LogP contribution in [0.1, 0.15) is 21.5 Å². The zero-order valence-electron chi connectivity index (χ0n) is 20.7. The molecule has 0 saturated heterocycles. The minimum atomic E-state index is -4.11. The van der Waals surface area contributed by atoms with E-state index in [1.807, 2.05) is 13.0 Å². The van der Waals surface area contributed by atoms with Gasteiger partial charge in [0.05, 0.1) is 15.6 Å². The quantitative estimate of drug-likeness (QED) is 0.213. The zero-order valence-corrected chi connectivity index (χ0v) is 23.8. The fraction of sp³-hybridized carbons (Fsp3) is 0.0741. The molecule has 8 nitrogen and oxygen atoms in total. The predicted molar refractivity (Wildman–Crippen MR) is 155 cm³/mol. The third kappa shape index (κ3) is 6.90. The van der Waals surface area contributed by atoms with Gasteiger partial charge in [-0.15, -0.1) is 0 Å². The summed E-state index contributed by atoms with van der Waals surface area (Å²) in [5.74, 6) is -0.607. The predicted octanol–water partition coefficient (Wildman–Crippen LogP) is 6.46. The van der Waals surface area contributed by atoms with E-state index in [2.05, 4.69) is 14.8 Å². The van der Waals surface area contributed by atoms with Crippen molar-refractivity contribution in [3.8, 4) is 0 Å². The number of sulfonamides is 2. The zero-order chi connectivity index (χ0) is 28.4. The molecule has 1 amide bonds. The minimum absolute atomic E-state index is 0.0205. The number of anilines is 3. The van der Waals surface area contributed by atoms with E-state index in [-0.39, 0.29) is 20.4 Å². The Hall–Kier alpha value is -3.57. The molecule has 0 bridgehead atoms. The van der Waals surface area contributed by atoms with Crippen LogP contribution < -0.4 is 14.8 Å². The van der Waals surface area contributed by atoms with Gasteiger partial charge in [-0.25, -0.2) is 16.8 Å². The van der Waals surface area contributed by atoms with Crippen molar-refractivity contribution < 1.29 is 21.6 Å². The summed E-state index contributed by atoms with van der Waals surface area (Å²) in [6.45, 7) is 3.61. The van der Waals surface area contributed by atoms with Crippen LogP contribution in [-0.4, -0.2) is 22.7 Å². The number of nitrogens with one attached hydrogen (secondary N) is 3. The first-order chi connectivity index (χ1) is 18.3. The summed E-state index contributed by atoms with van der Waals surface area (Å²) in [5.41, 5.74) is 2.69. The van der Waals surface area contributed by atoms with Crippen LogP contribution in [0.5, 0.6) is 0 Å². The molecular formula is C27H23Cl2N3O5S2. The average Bonchev–Trinajstić information content (AvgIpc) is 2.88. The highest BCUT2D eigenvalue weighted by Gasteiger charge is 2.22. The van der Waals surface area contributed by atoms with Crippen LogP contribution in [-0.2, 0) is 20.0 Å². The maximum atomic E-state index is 13.1. The standard InChI is InChI=1S/C27H23Cl2N3O5S2/c1-17-3-4-18(2)25(15-17)32-39(36,37)26-16-19(5-14-24(26)29)27(33)30-21-10-12-23(13-11-21)38(34,35)31-22-8-6-20(28)7-9-22/h3-16,31-32H,1-2H3,(H,30,33). The third-order valence-corrected chi connectivity index (χ3v) is 9.14. The molecule has 0 aliphatic rings. The van der Waals surface area contributed by atoms with E-state index in [0.29, 0.717) is 22.1 Å². The van der Waals surface area contributed by atoms with E-state index in [1.54, 1.807) is 31.2 Å². The molecule has 0 heterocycles. The van der Waals surface area contributed by atoms with Crippen molar-refractivity contribution in [3.63, 3.8) is 0 Å². The van der Waals surface area contributed by atoms with Gasteiger partial charge >= 0.3 is 0 Å². The van der Waals surface area contributed by atoms with Crippen molar-refractivity contribution in [2.45, 2.75) is 23.6 Å². The Labute approximate surface area is 237 Å². The van der Waals surface area contributed by atoms with E-state index in [4.69, 9.17) is 23.2 Å². The summed E-state index contributed by atoms with van der Waals surface area (Å²) in [6.07, 6.45) is 0. The van der Waals surface area contributed by atoms with Crippen LogP contribution >= 0.6 is 23.2 Å². The number of halogens is 2. The number of amides is 1. The van der Waals surface area contributed by atoms with Gasteiger partial charge in [-0.1, -0.05) is 35.3 Å². The molecule has 202 valence electrons. The van der Waals surface area contributed by atoms with E-state index >= 15 is 0 Å². The minimum Gasteiger partial charge on any atom is -0.322 e. The molecule has 4 aromatic carbocycles. The molecule has 0 fully saturated rings. The maximum absolute atomic E-state index is 13.1. The van der Waals surface area contributed by atoms with Crippen molar-refractivity contribution in [3.05, 3.63) is 112 Å². The number of carbonyl (C=O) groups excluding carboxylic acids is 1. The van der Waals surface area contributed by atoms with Crippen molar-refractivity contribution >= 4 is 66.2 Å². The molecule has 12 heteroatoms. The van der Waals surface area contributed by atoms with Gasteiger partial charge < -0.3 is 5.32 Å². The lowest BCUT2D eigenvalue weighted by Gasteiger charge is -2.14. The highest BCUT2D eigenvalue weighted by Crippen LogP contribution is 2.27. The molecule has 39 heavy (non-hydrogen) atoms. The summed E-state index contributed by atoms with van der Waals surface area (Å²) < 4.78 is 56.5. The highest BCUT2D eigenvalue weighted by molar-refractivity contribution is 7.93. The number of hydrogen-bond donors (Lipinski definition) is 3. The number of rotatable bonds is 8. The molecule has 0 aliphatic carbocycles. The molecule has 0 aliphatic heterocycles. The summed E-state index contributed by atoms with van der Waals surface area (Å²) in [5, 5.41) is 3.05. The van der Waals surface area contributed by atoms with Gasteiger partial charge in [-0.05, 0) is 97.8 Å². The summed E-state index contributed by atoms with van der Waals surface area (Å²) in [6, 6.07) is 21.0. The van der Waals surface area contributed by atoms with Crippen LogP contribution in [0.3, 0.4) is 0 Å². The summed E-state index contributed by atoms with van der Waals surface area (Å²) in [4.78, 5) is 12.6. The number of hydrogen-bond acceptors (Lipinski definition) is 5. The van der Waals surface area contributed by atoms with E-state index in [9.17, 15) is 21.6 Å². The van der Waals surface area contributed by atoms with Gasteiger partial charge in [-0.3, -0.25) is 14.2 Å². The number of benzene rings is 4. The Bertz CT molecular complexity index is 1760. The lowest BCUT2D eigenvalue weighted by molar-refractivity contribution is 0.102. The van der Waals surface area contributed by atoms with Crippen LogP contribution in [0.2, 0.25) is 10.0 Å². The normalized spacial score (nSPS) is 11.6. The van der Waals surface area contributed by atoms with Gasteiger partial charge in [0.25, 0.3) is 26.0 Å². The molecule has 0 spiro atoms. The first-order valence-corrected chi connectivity index (χ1v) is 15.2. The fourth-order valence-electron chi connectivity index (χ4n) is 3.55. The van der Waals surface area contributed by atoms with Crippen LogP contribution in [0.4, 0.5) is 17.1 Å². The van der Waals surface area contributed by atoms with E-state index in [1.165, 1.54) is 54.6 Å². The third-order valence-electron chi connectivity index (χ3n) is 5.64. The van der Waals surface area contributed by atoms with Gasteiger partial charge in [0, 0.05) is 22.0 Å². The van der Waals surface area contributed by atoms with E-state index < -0.39 is 26.0 Å². The second kappa shape index (κ2) is 11.3. The number of carbonyl (C=O) groups is 1. The topological polar surface area (TPSA) is 121 Å². The van der Waals surface area contributed by atoms with Gasteiger partial charge in [0.15, 0.2) is 0 Å². The molecule has 0 aromatic heterocycles. The van der Waals surface area contributed by atoms with Gasteiger partial charge in [-0.2, -0.15) is 0 Å². The molecule has 4 aromatic rings. The van der Waals surface area contributed by atoms with Crippen molar-refractivity contribution in [1.29, 1.82) is 0 Å². The Morgan fingerprint density at radius 1 is 0.692 bits per heavy atom. The summed E-state index contributed by atoms with van der Waals surface area (Å²) in [7, 11) is -7.98. The largest absolute Gasteiger partial charge is 0.322 e. The van der Waals surface area contributed by atoms with Crippen molar-refractivity contribution in [1.82, 2.24) is 0 Å². The second-order valence-corrected chi connectivity index (χ2v) is 12.8. The molecule has 0 radical (unpaired) electrons. The lowest BCUT2D eigenvalue weighted by atomic mass is 10.1. The monoisotopic (exact) mass is 603 g/mol. The fourth-order valence-corrected chi connectivity index (χ4v) is 6.38. The van der Waals surface area contributed by atoms with Crippen LogP contribution in [0, 0.1) is 13.8 Å². The molecule has 0 saturated carbocycles. The molecule has 0 unspecified atom stereocenters. The molecule has 3 N–H and O–H groups in total. The molecule has 4 rings (SSSR count). The molecular weight excluding hydrogens is 581 g/mol. The smallest absolute Gasteiger partial charge is 0.263 e.